The highest BCUT2D eigenvalue weighted by Crippen LogP contribution is 2.23. The van der Waals surface area contributed by atoms with Gasteiger partial charge >= 0.3 is 0 Å². The number of nitrogens with one attached hydrogen (secondary N) is 1. The van der Waals surface area contributed by atoms with Crippen LogP contribution in [0, 0.1) is 11.3 Å². The molecule has 0 amide bonds. The average Bonchev–Trinajstić information content (AvgIpc) is 2.91. The summed E-state index contributed by atoms with van der Waals surface area (Å²) in [6, 6.07) is 1.12. The molecular weight excluding hydrogens is 272 g/mol. The first-order valence-electron chi connectivity index (χ1n) is 8.78. The molecule has 4 nitrogen and oxygen atoms in total. The second-order valence-corrected chi connectivity index (χ2v) is 8.31. The third-order valence-electron chi connectivity index (χ3n) is 4.65. The Morgan fingerprint density at radius 1 is 1.18 bits per heavy atom. The Bertz CT molecular complexity index is 411. The van der Waals surface area contributed by atoms with E-state index in [1.165, 1.54) is 32.5 Å². The maximum Gasteiger partial charge on any atom is 0.0946 e. The van der Waals surface area contributed by atoms with Gasteiger partial charge in [0.2, 0.25) is 0 Å². The predicted octanol–water partition coefficient (Wildman–Crippen LogP) is 3.01. The topological polar surface area (TPSA) is 33.1 Å². The Labute approximate surface area is 136 Å². The summed E-state index contributed by atoms with van der Waals surface area (Å²) < 4.78 is 2.19. The number of hydrogen-bond acceptors (Lipinski definition) is 3. The third-order valence-corrected chi connectivity index (χ3v) is 4.65. The van der Waals surface area contributed by atoms with E-state index in [2.05, 4.69) is 60.6 Å². The van der Waals surface area contributed by atoms with Crippen LogP contribution in [-0.4, -0.2) is 46.2 Å². The van der Waals surface area contributed by atoms with Gasteiger partial charge in [-0.2, -0.15) is 0 Å². The quantitative estimate of drug-likeness (QED) is 0.877. The van der Waals surface area contributed by atoms with E-state index in [4.69, 9.17) is 0 Å². The molecule has 0 aliphatic carbocycles. The molecule has 1 aromatic rings. The van der Waals surface area contributed by atoms with E-state index in [1.807, 2.05) is 12.5 Å². The normalized spacial score (nSPS) is 19.7. The van der Waals surface area contributed by atoms with E-state index in [-0.39, 0.29) is 5.41 Å². The molecule has 22 heavy (non-hydrogen) atoms. The number of nitrogens with zero attached hydrogens (tertiary/aromatic N) is 3. The molecule has 0 spiro atoms. The van der Waals surface area contributed by atoms with Crippen molar-refractivity contribution < 1.29 is 0 Å². The minimum Gasteiger partial charge on any atom is -0.336 e. The van der Waals surface area contributed by atoms with Crippen LogP contribution in [0.4, 0.5) is 0 Å². The highest BCUT2D eigenvalue weighted by Gasteiger charge is 2.29. The molecular formula is C18H34N4. The van der Waals surface area contributed by atoms with E-state index in [1.54, 1.807) is 0 Å². The number of piperidine rings is 1. The fourth-order valence-electron chi connectivity index (χ4n) is 3.27. The molecule has 1 atom stereocenters. The maximum absolute atomic E-state index is 4.17. The Kier molecular flexibility index (Phi) is 6.04. The van der Waals surface area contributed by atoms with Gasteiger partial charge in [0.15, 0.2) is 0 Å². The van der Waals surface area contributed by atoms with Crippen LogP contribution in [0.15, 0.2) is 18.7 Å². The minimum atomic E-state index is 0.249. The number of likely N-dealkylation sites (tertiary alicyclic amines) is 1. The predicted molar refractivity (Wildman–Crippen MR) is 92.9 cm³/mol. The van der Waals surface area contributed by atoms with Crippen LogP contribution in [0.1, 0.15) is 47.5 Å². The third kappa shape index (κ3) is 5.40. The molecule has 1 aromatic heterocycles. The van der Waals surface area contributed by atoms with Crippen LogP contribution in [0.2, 0.25) is 0 Å². The van der Waals surface area contributed by atoms with Gasteiger partial charge in [0.05, 0.1) is 6.33 Å². The van der Waals surface area contributed by atoms with E-state index in [0.29, 0.717) is 12.1 Å². The number of hydrogen-bond donors (Lipinski definition) is 1. The summed E-state index contributed by atoms with van der Waals surface area (Å²) >= 11 is 0. The molecule has 1 fully saturated rings. The first-order valence-corrected chi connectivity index (χ1v) is 8.78. The fraction of sp³-hybridized carbons (Fsp3) is 0.833. The summed E-state index contributed by atoms with van der Waals surface area (Å²) in [4.78, 5) is 6.79. The van der Waals surface area contributed by atoms with Crippen LogP contribution in [-0.2, 0) is 6.54 Å². The Morgan fingerprint density at radius 2 is 1.86 bits per heavy atom. The molecule has 0 saturated carbocycles. The summed E-state index contributed by atoms with van der Waals surface area (Å²) in [5, 5.41) is 3.93. The van der Waals surface area contributed by atoms with E-state index in [9.17, 15) is 0 Å². The van der Waals surface area contributed by atoms with Gasteiger partial charge in [-0.15, -0.1) is 0 Å². The lowest BCUT2D eigenvalue weighted by atomic mass is 9.85. The van der Waals surface area contributed by atoms with Gasteiger partial charge in [0, 0.05) is 37.6 Å². The Balaban J connectivity index is 1.86. The van der Waals surface area contributed by atoms with E-state index >= 15 is 0 Å². The standard InChI is InChI=1S/C18H34N4/c1-15(2)12-21-9-6-16(7-10-21)20-17(18(3,4)5)13-22-11-8-19-14-22/h8,11,14-17,20H,6-7,9-10,12-13H2,1-5H3/t17-/m1/s1. The minimum absolute atomic E-state index is 0.249. The zero-order chi connectivity index (χ0) is 16.2. The van der Waals surface area contributed by atoms with Crippen molar-refractivity contribution in [1.82, 2.24) is 19.8 Å². The van der Waals surface area contributed by atoms with Gasteiger partial charge in [-0.1, -0.05) is 34.6 Å². The first kappa shape index (κ1) is 17.5. The van der Waals surface area contributed by atoms with Crippen molar-refractivity contribution in [3.63, 3.8) is 0 Å². The molecule has 0 unspecified atom stereocenters. The number of imidazole rings is 1. The lowest BCUT2D eigenvalue weighted by Crippen LogP contribution is -2.52. The highest BCUT2D eigenvalue weighted by molar-refractivity contribution is 4.88. The monoisotopic (exact) mass is 306 g/mol. The van der Waals surface area contributed by atoms with Crippen molar-refractivity contribution in [2.24, 2.45) is 11.3 Å². The van der Waals surface area contributed by atoms with E-state index < -0.39 is 0 Å². The van der Waals surface area contributed by atoms with Crippen molar-refractivity contribution in [1.29, 1.82) is 0 Å². The van der Waals surface area contributed by atoms with Crippen LogP contribution in [0.25, 0.3) is 0 Å². The van der Waals surface area contributed by atoms with Gasteiger partial charge < -0.3 is 14.8 Å². The Hall–Kier alpha value is -0.870. The summed E-state index contributed by atoms with van der Waals surface area (Å²) in [6.07, 6.45) is 8.38. The first-order chi connectivity index (χ1) is 10.3. The van der Waals surface area contributed by atoms with Gasteiger partial charge in [-0.25, -0.2) is 4.98 Å². The largest absolute Gasteiger partial charge is 0.336 e. The lowest BCUT2D eigenvalue weighted by molar-refractivity contribution is 0.149. The smallest absolute Gasteiger partial charge is 0.0946 e. The molecule has 1 aliphatic heterocycles. The average molecular weight is 306 g/mol. The summed E-state index contributed by atoms with van der Waals surface area (Å²) in [6.45, 7) is 16.3. The maximum atomic E-state index is 4.17. The molecule has 126 valence electrons. The summed E-state index contributed by atoms with van der Waals surface area (Å²) in [5.41, 5.74) is 0.249. The SMILES string of the molecule is CC(C)CN1CCC(N[C@H](Cn2ccnc2)C(C)(C)C)CC1. The summed E-state index contributed by atoms with van der Waals surface area (Å²) in [7, 11) is 0. The molecule has 1 aliphatic rings. The van der Waals surface area contributed by atoms with Crippen LogP contribution < -0.4 is 5.32 Å². The zero-order valence-corrected chi connectivity index (χ0v) is 15.0. The van der Waals surface area contributed by atoms with Gasteiger partial charge in [0.25, 0.3) is 0 Å². The van der Waals surface area contributed by atoms with Crippen molar-refractivity contribution in [3.05, 3.63) is 18.7 Å². The highest BCUT2D eigenvalue weighted by atomic mass is 15.2. The number of rotatable bonds is 6. The zero-order valence-electron chi connectivity index (χ0n) is 15.0. The van der Waals surface area contributed by atoms with Crippen LogP contribution in [0.5, 0.6) is 0 Å². The van der Waals surface area contributed by atoms with Crippen molar-refractivity contribution in [3.8, 4) is 0 Å². The summed E-state index contributed by atoms with van der Waals surface area (Å²) in [5.74, 6) is 0.771. The molecule has 0 radical (unpaired) electrons. The molecule has 1 N–H and O–H groups in total. The van der Waals surface area contributed by atoms with Crippen LogP contribution >= 0.6 is 0 Å². The van der Waals surface area contributed by atoms with Gasteiger partial charge in [-0.05, 0) is 37.3 Å². The molecule has 2 heterocycles. The van der Waals surface area contributed by atoms with Gasteiger partial charge in [0.1, 0.15) is 0 Å². The Morgan fingerprint density at radius 3 is 2.36 bits per heavy atom. The lowest BCUT2D eigenvalue weighted by Gasteiger charge is -2.39. The van der Waals surface area contributed by atoms with E-state index in [0.717, 1.165) is 12.5 Å². The molecule has 2 rings (SSSR count). The second-order valence-electron chi connectivity index (χ2n) is 8.31. The second kappa shape index (κ2) is 7.60. The van der Waals surface area contributed by atoms with Crippen molar-refractivity contribution in [2.75, 3.05) is 19.6 Å². The fourth-order valence-corrected chi connectivity index (χ4v) is 3.27. The molecule has 0 bridgehead atoms. The molecule has 1 saturated heterocycles. The van der Waals surface area contributed by atoms with Crippen molar-refractivity contribution in [2.45, 2.75) is 66.1 Å². The molecule has 4 heteroatoms. The van der Waals surface area contributed by atoms with Gasteiger partial charge in [-0.3, -0.25) is 0 Å². The number of aromatic nitrogens is 2. The molecule has 0 aromatic carbocycles. The van der Waals surface area contributed by atoms with Crippen LogP contribution in [0.3, 0.4) is 0 Å². The van der Waals surface area contributed by atoms with Crippen molar-refractivity contribution >= 4 is 0 Å².